The quantitative estimate of drug-likeness (QED) is 0.738. The summed E-state index contributed by atoms with van der Waals surface area (Å²) in [5, 5.41) is 4.43. The molecule has 2 atom stereocenters. The Morgan fingerprint density at radius 2 is 1.87 bits per heavy atom. The minimum atomic E-state index is -0.429. The molecule has 0 bridgehead atoms. The van der Waals surface area contributed by atoms with Crippen LogP contribution in [0.15, 0.2) is 54.9 Å². The Bertz CT molecular complexity index is 1010. The number of amides is 2. The molecule has 31 heavy (non-hydrogen) atoms. The van der Waals surface area contributed by atoms with Gasteiger partial charge < -0.3 is 24.7 Å². The smallest absolute Gasteiger partial charge is 0.251 e. The molecular weight excluding hydrogens is 403 g/mol. The maximum Gasteiger partial charge on any atom is 0.251 e. The van der Waals surface area contributed by atoms with Crippen LogP contribution in [0.1, 0.15) is 18.0 Å². The molecular formula is C22H23FN4O4. The molecule has 162 valence electrons. The standard InChI is InChI=1S/C22H23FN4O4/c1-30-19-8-3-14(11-20(19)31-2)17-12-18-22(29)26(9-10-27(18)25-17)13-21(28)24-16-6-4-15(23)5-7-16/h3-11,17-18,25H,12-13H2,1-2H3,(H,24,28). The second-order valence-corrected chi connectivity index (χ2v) is 7.27. The molecule has 1 fully saturated rings. The molecule has 2 aromatic carbocycles. The maximum absolute atomic E-state index is 13.0. The lowest BCUT2D eigenvalue weighted by Gasteiger charge is -2.31. The molecule has 2 heterocycles. The number of methoxy groups -OCH3 is 2. The molecule has 2 aromatic rings. The Morgan fingerprint density at radius 3 is 2.58 bits per heavy atom. The van der Waals surface area contributed by atoms with Gasteiger partial charge in [0.2, 0.25) is 5.91 Å². The van der Waals surface area contributed by atoms with E-state index in [0.29, 0.717) is 23.6 Å². The summed E-state index contributed by atoms with van der Waals surface area (Å²) in [6, 6.07) is 10.6. The van der Waals surface area contributed by atoms with Crippen LogP contribution in [0.4, 0.5) is 10.1 Å². The Hall–Kier alpha value is -3.59. The van der Waals surface area contributed by atoms with Gasteiger partial charge in [0.25, 0.3) is 5.91 Å². The number of carbonyl (C=O) groups excluding carboxylic acids is 2. The van der Waals surface area contributed by atoms with Crippen molar-refractivity contribution in [2.24, 2.45) is 0 Å². The Kier molecular flexibility index (Phi) is 5.77. The monoisotopic (exact) mass is 426 g/mol. The van der Waals surface area contributed by atoms with Crippen LogP contribution in [-0.2, 0) is 9.59 Å². The maximum atomic E-state index is 13.0. The molecule has 8 nitrogen and oxygen atoms in total. The molecule has 0 saturated carbocycles. The summed E-state index contributed by atoms with van der Waals surface area (Å²) >= 11 is 0. The number of hydrogen-bond acceptors (Lipinski definition) is 6. The zero-order valence-electron chi connectivity index (χ0n) is 17.2. The van der Waals surface area contributed by atoms with Gasteiger partial charge in [-0.2, -0.15) is 0 Å². The summed E-state index contributed by atoms with van der Waals surface area (Å²) < 4.78 is 23.7. The van der Waals surface area contributed by atoms with Crippen molar-refractivity contribution in [2.45, 2.75) is 18.5 Å². The number of benzene rings is 2. The number of nitrogens with zero attached hydrogens (tertiary/aromatic N) is 2. The fraction of sp³-hybridized carbons (Fsp3) is 0.273. The van der Waals surface area contributed by atoms with E-state index in [1.54, 1.807) is 31.6 Å². The van der Waals surface area contributed by atoms with E-state index >= 15 is 0 Å². The summed E-state index contributed by atoms with van der Waals surface area (Å²) in [6.45, 7) is -0.127. The van der Waals surface area contributed by atoms with E-state index in [1.807, 2.05) is 18.2 Å². The molecule has 2 amide bonds. The minimum Gasteiger partial charge on any atom is -0.493 e. The topological polar surface area (TPSA) is 83.1 Å². The number of rotatable bonds is 6. The van der Waals surface area contributed by atoms with Crippen molar-refractivity contribution in [3.05, 3.63) is 66.2 Å². The molecule has 2 aliphatic heterocycles. The van der Waals surface area contributed by atoms with E-state index in [0.717, 1.165) is 5.56 Å². The SMILES string of the molecule is COc1ccc(C2CC3C(=O)N(CC(=O)Nc4ccc(F)cc4)C=CN3N2)cc1OC. The van der Waals surface area contributed by atoms with Crippen LogP contribution in [0, 0.1) is 5.82 Å². The third-order valence-corrected chi connectivity index (χ3v) is 5.33. The average Bonchev–Trinajstić information content (AvgIpc) is 3.22. The summed E-state index contributed by atoms with van der Waals surface area (Å²) in [5.74, 6) is 0.335. The predicted molar refractivity (Wildman–Crippen MR) is 112 cm³/mol. The van der Waals surface area contributed by atoms with Gasteiger partial charge in [-0.05, 0) is 48.4 Å². The number of anilines is 1. The van der Waals surface area contributed by atoms with Crippen LogP contribution in [0.25, 0.3) is 0 Å². The third-order valence-electron chi connectivity index (χ3n) is 5.33. The lowest BCUT2D eigenvalue weighted by molar-refractivity contribution is -0.137. The lowest BCUT2D eigenvalue weighted by Crippen LogP contribution is -2.49. The molecule has 2 unspecified atom stereocenters. The van der Waals surface area contributed by atoms with E-state index in [4.69, 9.17) is 9.47 Å². The Balaban J connectivity index is 1.40. The van der Waals surface area contributed by atoms with Crippen molar-refractivity contribution in [3.63, 3.8) is 0 Å². The third kappa shape index (κ3) is 4.31. The van der Waals surface area contributed by atoms with Crippen molar-refractivity contribution >= 4 is 17.5 Å². The van der Waals surface area contributed by atoms with Crippen LogP contribution >= 0.6 is 0 Å². The normalized spacial score (nSPS) is 19.9. The molecule has 9 heteroatoms. The highest BCUT2D eigenvalue weighted by Crippen LogP contribution is 2.35. The number of ether oxygens (including phenoxy) is 2. The Morgan fingerprint density at radius 1 is 1.13 bits per heavy atom. The lowest BCUT2D eigenvalue weighted by atomic mass is 10.0. The Labute approximate surface area is 179 Å². The van der Waals surface area contributed by atoms with Gasteiger partial charge in [-0.15, -0.1) is 0 Å². The predicted octanol–water partition coefficient (Wildman–Crippen LogP) is 2.42. The number of hydrogen-bond donors (Lipinski definition) is 2. The summed E-state index contributed by atoms with van der Waals surface area (Å²) in [4.78, 5) is 26.7. The first kappa shape index (κ1) is 20.7. The van der Waals surface area contributed by atoms with Gasteiger partial charge in [0.05, 0.1) is 20.3 Å². The van der Waals surface area contributed by atoms with Crippen LogP contribution in [0.5, 0.6) is 11.5 Å². The highest BCUT2D eigenvalue weighted by molar-refractivity contribution is 5.96. The van der Waals surface area contributed by atoms with Gasteiger partial charge in [-0.25, -0.2) is 9.82 Å². The van der Waals surface area contributed by atoms with Gasteiger partial charge in [-0.3, -0.25) is 9.59 Å². The number of fused-ring (bicyclic) bond motifs is 1. The summed E-state index contributed by atoms with van der Waals surface area (Å²) in [7, 11) is 3.16. The first-order chi connectivity index (χ1) is 15.0. The molecule has 0 spiro atoms. The average molecular weight is 426 g/mol. The summed E-state index contributed by atoms with van der Waals surface area (Å²) in [6.07, 6.45) is 3.86. The fourth-order valence-electron chi connectivity index (χ4n) is 3.74. The first-order valence-electron chi connectivity index (χ1n) is 9.79. The van der Waals surface area contributed by atoms with E-state index in [-0.39, 0.29) is 30.2 Å². The number of nitrogens with one attached hydrogen (secondary N) is 2. The van der Waals surface area contributed by atoms with Crippen LogP contribution in [0.3, 0.4) is 0 Å². The van der Waals surface area contributed by atoms with Gasteiger partial charge >= 0.3 is 0 Å². The van der Waals surface area contributed by atoms with Gasteiger partial charge in [0, 0.05) is 18.1 Å². The van der Waals surface area contributed by atoms with Crippen LogP contribution < -0.4 is 20.2 Å². The van der Waals surface area contributed by atoms with Gasteiger partial charge in [-0.1, -0.05) is 6.07 Å². The molecule has 0 radical (unpaired) electrons. The largest absolute Gasteiger partial charge is 0.493 e. The van der Waals surface area contributed by atoms with Crippen LogP contribution in [0.2, 0.25) is 0 Å². The van der Waals surface area contributed by atoms with Crippen molar-refractivity contribution in [3.8, 4) is 11.5 Å². The van der Waals surface area contributed by atoms with E-state index in [1.165, 1.54) is 29.2 Å². The van der Waals surface area contributed by atoms with Crippen molar-refractivity contribution in [1.82, 2.24) is 15.3 Å². The fourth-order valence-corrected chi connectivity index (χ4v) is 3.74. The number of carbonyl (C=O) groups is 2. The molecule has 2 N–H and O–H groups in total. The van der Waals surface area contributed by atoms with Gasteiger partial charge in [0.15, 0.2) is 11.5 Å². The zero-order valence-corrected chi connectivity index (χ0v) is 17.2. The van der Waals surface area contributed by atoms with Crippen LogP contribution in [-0.4, -0.2) is 48.5 Å². The molecule has 2 aliphatic rings. The number of halogens is 1. The molecule has 4 rings (SSSR count). The number of hydrazine groups is 1. The van der Waals surface area contributed by atoms with E-state index in [2.05, 4.69) is 10.7 Å². The van der Waals surface area contributed by atoms with Crippen molar-refractivity contribution in [1.29, 1.82) is 0 Å². The first-order valence-corrected chi connectivity index (χ1v) is 9.79. The highest BCUT2D eigenvalue weighted by Gasteiger charge is 2.40. The molecule has 0 aromatic heterocycles. The van der Waals surface area contributed by atoms with E-state index < -0.39 is 6.04 Å². The van der Waals surface area contributed by atoms with Gasteiger partial charge in [0.1, 0.15) is 18.4 Å². The van der Waals surface area contributed by atoms with Crippen molar-refractivity contribution < 1.29 is 23.5 Å². The highest BCUT2D eigenvalue weighted by atomic mass is 19.1. The van der Waals surface area contributed by atoms with Crippen molar-refractivity contribution in [2.75, 3.05) is 26.1 Å². The zero-order chi connectivity index (χ0) is 22.0. The second-order valence-electron chi connectivity index (χ2n) is 7.27. The minimum absolute atomic E-state index is 0.0913. The van der Waals surface area contributed by atoms with E-state index in [9.17, 15) is 14.0 Å². The molecule has 1 saturated heterocycles. The second kappa shape index (κ2) is 8.65. The molecule has 0 aliphatic carbocycles. The summed E-state index contributed by atoms with van der Waals surface area (Å²) in [5.41, 5.74) is 4.75.